The molecule has 3 aromatic rings. The van der Waals surface area contributed by atoms with Crippen molar-refractivity contribution in [2.24, 2.45) is 0 Å². The molecule has 3 heterocycles. The van der Waals surface area contributed by atoms with Gasteiger partial charge in [0.05, 0.1) is 24.1 Å². The number of imidazole rings is 1. The molecule has 1 aromatic carbocycles. The Bertz CT molecular complexity index is 1070. The SMILES string of the molecule is CNC1CCN(c2ccc(NC(=O)c3cn4cc(C)nc4cc3OC)c(F)c2)CC1. The molecule has 1 aliphatic heterocycles. The van der Waals surface area contributed by atoms with Crippen LogP contribution in [0.5, 0.6) is 5.75 Å². The number of hydrogen-bond acceptors (Lipinski definition) is 5. The summed E-state index contributed by atoms with van der Waals surface area (Å²) >= 11 is 0. The molecule has 1 amide bonds. The van der Waals surface area contributed by atoms with Crippen LogP contribution >= 0.6 is 0 Å². The molecule has 1 fully saturated rings. The number of anilines is 2. The van der Waals surface area contributed by atoms with Crippen LogP contribution in [0.3, 0.4) is 0 Å². The Morgan fingerprint density at radius 3 is 2.67 bits per heavy atom. The summed E-state index contributed by atoms with van der Waals surface area (Å²) in [5, 5.41) is 5.95. The van der Waals surface area contributed by atoms with Gasteiger partial charge in [0, 0.05) is 43.3 Å². The second-order valence-electron chi connectivity index (χ2n) is 7.57. The van der Waals surface area contributed by atoms with Crippen LogP contribution in [0.15, 0.2) is 36.7 Å². The van der Waals surface area contributed by atoms with Crippen molar-refractivity contribution in [3.63, 3.8) is 0 Å². The van der Waals surface area contributed by atoms with Gasteiger partial charge in [-0.05, 0) is 45.0 Å². The fourth-order valence-corrected chi connectivity index (χ4v) is 3.90. The number of carbonyl (C=O) groups excluding carboxylic acids is 1. The molecule has 0 radical (unpaired) electrons. The number of halogens is 1. The number of fused-ring (bicyclic) bond motifs is 1. The molecule has 1 saturated heterocycles. The van der Waals surface area contributed by atoms with Crippen LogP contribution in [0.1, 0.15) is 28.9 Å². The largest absolute Gasteiger partial charge is 0.496 e. The molecular formula is C22H26FN5O2. The normalized spacial score (nSPS) is 14.9. The number of rotatable bonds is 5. The maximum Gasteiger partial charge on any atom is 0.261 e. The number of aromatic nitrogens is 2. The predicted molar refractivity (Wildman–Crippen MR) is 115 cm³/mol. The Hall–Kier alpha value is -3.13. The number of carbonyl (C=O) groups is 1. The number of piperidine rings is 1. The molecule has 0 aliphatic carbocycles. The van der Waals surface area contributed by atoms with E-state index in [1.54, 1.807) is 22.7 Å². The number of nitrogens with zero attached hydrogens (tertiary/aromatic N) is 3. The van der Waals surface area contributed by atoms with Gasteiger partial charge in [-0.15, -0.1) is 0 Å². The molecule has 0 unspecified atom stereocenters. The summed E-state index contributed by atoms with van der Waals surface area (Å²) in [7, 11) is 3.46. The van der Waals surface area contributed by atoms with Crippen LogP contribution in [-0.2, 0) is 0 Å². The lowest BCUT2D eigenvalue weighted by atomic mass is 10.0. The van der Waals surface area contributed by atoms with E-state index in [1.165, 1.54) is 13.2 Å². The van der Waals surface area contributed by atoms with Crippen LogP contribution in [0.25, 0.3) is 5.65 Å². The molecule has 0 atom stereocenters. The second-order valence-corrected chi connectivity index (χ2v) is 7.57. The highest BCUT2D eigenvalue weighted by molar-refractivity contribution is 6.06. The number of nitrogens with one attached hydrogen (secondary N) is 2. The third kappa shape index (κ3) is 3.95. The molecule has 158 valence electrons. The van der Waals surface area contributed by atoms with Crippen LogP contribution in [0, 0.1) is 12.7 Å². The Labute approximate surface area is 174 Å². The van der Waals surface area contributed by atoms with Crippen LogP contribution < -0.4 is 20.3 Å². The number of aryl methyl sites for hydroxylation is 1. The zero-order valence-corrected chi connectivity index (χ0v) is 17.4. The van der Waals surface area contributed by atoms with E-state index in [4.69, 9.17) is 4.74 Å². The molecule has 2 N–H and O–H groups in total. The monoisotopic (exact) mass is 411 g/mol. The second kappa shape index (κ2) is 8.31. The lowest BCUT2D eigenvalue weighted by Crippen LogP contribution is -2.41. The summed E-state index contributed by atoms with van der Waals surface area (Å²) in [6.45, 7) is 3.62. The Kier molecular flexibility index (Phi) is 5.59. The van der Waals surface area contributed by atoms with Gasteiger partial charge in [-0.1, -0.05) is 0 Å². The van der Waals surface area contributed by atoms with Crippen molar-refractivity contribution in [3.05, 3.63) is 53.7 Å². The number of pyridine rings is 1. The first-order valence-electron chi connectivity index (χ1n) is 10.0. The summed E-state index contributed by atoms with van der Waals surface area (Å²) in [4.78, 5) is 19.4. The molecule has 1 aliphatic rings. The number of benzene rings is 1. The van der Waals surface area contributed by atoms with Gasteiger partial charge in [0.1, 0.15) is 17.2 Å². The zero-order valence-electron chi connectivity index (χ0n) is 17.4. The summed E-state index contributed by atoms with van der Waals surface area (Å²) < 4.78 is 21.9. The molecule has 0 bridgehead atoms. The zero-order chi connectivity index (χ0) is 21.3. The molecule has 4 rings (SSSR count). The first-order valence-corrected chi connectivity index (χ1v) is 10.0. The molecule has 30 heavy (non-hydrogen) atoms. The first-order chi connectivity index (χ1) is 14.5. The van der Waals surface area contributed by atoms with Gasteiger partial charge in [0.25, 0.3) is 5.91 Å². The fraction of sp³-hybridized carbons (Fsp3) is 0.364. The topological polar surface area (TPSA) is 70.9 Å². The van der Waals surface area contributed by atoms with Crippen molar-refractivity contribution >= 4 is 22.9 Å². The Morgan fingerprint density at radius 2 is 2.00 bits per heavy atom. The Balaban J connectivity index is 1.53. The van der Waals surface area contributed by atoms with Gasteiger partial charge < -0.3 is 24.7 Å². The average molecular weight is 411 g/mol. The molecule has 0 saturated carbocycles. The van der Waals surface area contributed by atoms with Crippen molar-refractivity contribution < 1.29 is 13.9 Å². The van der Waals surface area contributed by atoms with E-state index in [-0.39, 0.29) is 5.69 Å². The molecule has 2 aromatic heterocycles. The van der Waals surface area contributed by atoms with Gasteiger partial charge in [0.15, 0.2) is 0 Å². The summed E-state index contributed by atoms with van der Waals surface area (Å²) in [5.74, 6) is -0.522. The van der Waals surface area contributed by atoms with Gasteiger partial charge >= 0.3 is 0 Å². The van der Waals surface area contributed by atoms with Crippen molar-refractivity contribution in [2.75, 3.05) is 37.5 Å². The van der Waals surface area contributed by atoms with Crippen LogP contribution in [0.2, 0.25) is 0 Å². The summed E-state index contributed by atoms with van der Waals surface area (Å²) in [6, 6.07) is 7.14. The van der Waals surface area contributed by atoms with Gasteiger partial charge in [-0.2, -0.15) is 0 Å². The van der Waals surface area contributed by atoms with Crippen molar-refractivity contribution in [2.45, 2.75) is 25.8 Å². The standard InChI is InChI=1S/C22H26FN5O2/c1-14-12-28-13-17(20(30-3)11-21(28)25-14)22(29)26-19-5-4-16(10-18(19)23)27-8-6-15(24-2)7-9-27/h4-5,10-13,15,24H,6-9H2,1-3H3,(H,26,29). The van der Waals surface area contributed by atoms with Crippen molar-refractivity contribution in [1.29, 1.82) is 0 Å². The lowest BCUT2D eigenvalue weighted by molar-refractivity contribution is 0.102. The molecule has 0 spiro atoms. The van der Waals surface area contributed by atoms with Gasteiger partial charge in [0.2, 0.25) is 0 Å². The fourth-order valence-electron chi connectivity index (χ4n) is 3.90. The average Bonchev–Trinajstić information content (AvgIpc) is 3.13. The molecule has 8 heteroatoms. The predicted octanol–water partition coefficient (Wildman–Crippen LogP) is 3.23. The minimum absolute atomic E-state index is 0.137. The van der Waals surface area contributed by atoms with E-state index in [0.717, 1.165) is 37.3 Å². The van der Waals surface area contributed by atoms with Crippen molar-refractivity contribution in [3.8, 4) is 5.75 Å². The van der Waals surface area contributed by atoms with Crippen LogP contribution in [-0.4, -0.2) is 48.6 Å². The summed E-state index contributed by atoms with van der Waals surface area (Å²) in [6.07, 6.45) is 5.50. The van der Waals surface area contributed by atoms with E-state index < -0.39 is 11.7 Å². The van der Waals surface area contributed by atoms with E-state index in [0.29, 0.717) is 23.0 Å². The highest BCUT2D eigenvalue weighted by Crippen LogP contribution is 2.27. The van der Waals surface area contributed by atoms with E-state index in [2.05, 4.69) is 20.5 Å². The maximum atomic E-state index is 14.8. The smallest absolute Gasteiger partial charge is 0.261 e. The third-order valence-corrected chi connectivity index (χ3v) is 5.61. The third-order valence-electron chi connectivity index (χ3n) is 5.61. The number of methoxy groups -OCH3 is 1. The quantitative estimate of drug-likeness (QED) is 0.675. The van der Waals surface area contributed by atoms with Gasteiger partial charge in [-0.25, -0.2) is 9.37 Å². The first kappa shape index (κ1) is 20.2. The number of ether oxygens (including phenoxy) is 1. The van der Waals surface area contributed by atoms with E-state index in [9.17, 15) is 9.18 Å². The minimum Gasteiger partial charge on any atom is -0.496 e. The number of amides is 1. The lowest BCUT2D eigenvalue weighted by Gasteiger charge is -2.33. The Morgan fingerprint density at radius 1 is 1.23 bits per heavy atom. The van der Waals surface area contributed by atoms with Crippen LogP contribution in [0.4, 0.5) is 15.8 Å². The molecule has 7 nitrogen and oxygen atoms in total. The van der Waals surface area contributed by atoms with Gasteiger partial charge in [-0.3, -0.25) is 4.79 Å². The summed E-state index contributed by atoms with van der Waals surface area (Å²) in [5.41, 5.74) is 2.78. The van der Waals surface area contributed by atoms with Crippen molar-refractivity contribution in [1.82, 2.24) is 14.7 Å². The molecular weight excluding hydrogens is 385 g/mol. The highest BCUT2D eigenvalue weighted by Gasteiger charge is 2.20. The minimum atomic E-state index is -0.463. The maximum absolute atomic E-state index is 14.8. The number of hydrogen-bond donors (Lipinski definition) is 2. The highest BCUT2D eigenvalue weighted by atomic mass is 19.1. The van der Waals surface area contributed by atoms with E-state index in [1.807, 2.05) is 26.2 Å². The van der Waals surface area contributed by atoms with E-state index >= 15 is 0 Å².